The molecule has 1 aromatic carbocycles. The Kier molecular flexibility index (Phi) is 10.9. The minimum Gasteiger partial charge on any atom is -0.504 e. The second-order valence-corrected chi connectivity index (χ2v) is 7.90. The molecule has 0 saturated carbocycles. The lowest BCUT2D eigenvalue weighted by Gasteiger charge is -2.35. The van der Waals surface area contributed by atoms with Gasteiger partial charge in [-0.15, -0.1) is 6.58 Å². The molecule has 12 nitrogen and oxygen atoms in total. The van der Waals surface area contributed by atoms with Crippen LogP contribution in [-0.4, -0.2) is 65.6 Å². The first-order valence-corrected chi connectivity index (χ1v) is 11.0. The highest BCUT2D eigenvalue weighted by Gasteiger charge is 2.40. The summed E-state index contributed by atoms with van der Waals surface area (Å²) in [7, 11) is 1.18. The molecule has 36 heavy (non-hydrogen) atoms. The third-order valence-electron chi connectivity index (χ3n) is 5.45. The number of phenols is 2. The number of nitrogens with one attached hydrogen (secondary N) is 1. The van der Waals surface area contributed by atoms with E-state index in [1.54, 1.807) is 6.07 Å². The van der Waals surface area contributed by atoms with E-state index in [2.05, 4.69) is 12.1 Å². The van der Waals surface area contributed by atoms with Gasteiger partial charge in [-0.25, -0.2) is 4.79 Å². The van der Waals surface area contributed by atoms with Gasteiger partial charge < -0.3 is 34.3 Å². The molecule has 0 aliphatic carbocycles. The quantitative estimate of drug-likeness (QED) is 0.0935. The zero-order chi connectivity index (χ0) is 26.7. The lowest BCUT2D eigenvalue weighted by atomic mass is 9.81. The van der Waals surface area contributed by atoms with Gasteiger partial charge in [0.05, 0.1) is 38.0 Å². The van der Waals surface area contributed by atoms with Crippen molar-refractivity contribution in [2.24, 2.45) is 11.8 Å². The van der Waals surface area contributed by atoms with Crippen molar-refractivity contribution in [3.05, 3.63) is 48.3 Å². The number of aliphatic carboxylic acids is 1. The van der Waals surface area contributed by atoms with Crippen molar-refractivity contribution in [2.45, 2.75) is 38.0 Å². The number of carboxylic acid groups (broad SMARTS) is 1. The van der Waals surface area contributed by atoms with E-state index in [1.807, 2.05) is 0 Å². The molecule has 0 saturated heterocycles. The molecule has 12 heteroatoms. The predicted molar refractivity (Wildman–Crippen MR) is 122 cm³/mol. The Morgan fingerprint density at radius 3 is 2.61 bits per heavy atom. The second-order valence-electron chi connectivity index (χ2n) is 7.90. The fourth-order valence-electron chi connectivity index (χ4n) is 3.49. The molecule has 0 radical (unpaired) electrons. The van der Waals surface area contributed by atoms with Crippen LogP contribution < -0.4 is 5.48 Å². The zero-order valence-corrected chi connectivity index (χ0v) is 19.6. The molecule has 1 heterocycles. The van der Waals surface area contributed by atoms with Gasteiger partial charge in [-0.1, -0.05) is 12.1 Å². The van der Waals surface area contributed by atoms with Gasteiger partial charge in [0.2, 0.25) is 6.29 Å². The summed E-state index contributed by atoms with van der Waals surface area (Å²) in [5.41, 5.74) is 3.14. The highest BCUT2D eigenvalue weighted by atomic mass is 16.8. The number of hydrogen-bond donors (Lipinski definition) is 4. The number of methoxy groups -OCH3 is 1. The topological polar surface area (TPSA) is 178 Å². The highest BCUT2D eigenvalue weighted by molar-refractivity contribution is 5.90. The first kappa shape index (κ1) is 28.3. The Morgan fingerprint density at radius 2 is 2.00 bits per heavy atom. The van der Waals surface area contributed by atoms with E-state index < -0.39 is 42.1 Å². The van der Waals surface area contributed by atoms with Crippen LogP contribution in [0, 0.1) is 11.8 Å². The van der Waals surface area contributed by atoms with Gasteiger partial charge in [0.1, 0.15) is 6.29 Å². The van der Waals surface area contributed by atoms with Gasteiger partial charge in [0.25, 0.3) is 0 Å². The Morgan fingerprint density at radius 1 is 1.25 bits per heavy atom. The van der Waals surface area contributed by atoms with Gasteiger partial charge in [-0.3, -0.25) is 14.4 Å². The number of aldehydes is 1. The van der Waals surface area contributed by atoms with Gasteiger partial charge in [0, 0.05) is 24.7 Å². The summed E-state index contributed by atoms with van der Waals surface area (Å²) in [5.74, 6) is -4.53. The molecule has 0 amide bonds. The summed E-state index contributed by atoms with van der Waals surface area (Å²) in [6.45, 7) is 3.71. The molecular formula is C24H29NO11. The predicted octanol–water partition coefficient (Wildman–Crippen LogP) is 1.36. The maximum atomic E-state index is 12.6. The van der Waals surface area contributed by atoms with Crippen molar-refractivity contribution in [3.8, 4) is 11.5 Å². The maximum absolute atomic E-state index is 12.6. The number of carbonyl (C=O) groups is 4. The molecule has 0 bridgehead atoms. The summed E-state index contributed by atoms with van der Waals surface area (Å²) in [6, 6.07) is 3.32. The molecule has 1 aliphatic rings. The van der Waals surface area contributed by atoms with Crippen molar-refractivity contribution in [3.63, 3.8) is 0 Å². The highest BCUT2D eigenvalue weighted by Crippen LogP contribution is 2.35. The lowest BCUT2D eigenvalue weighted by Crippen LogP contribution is -2.43. The molecular weight excluding hydrogens is 478 g/mol. The van der Waals surface area contributed by atoms with Crippen LogP contribution in [0.2, 0.25) is 0 Å². The summed E-state index contributed by atoms with van der Waals surface area (Å²) < 4.78 is 15.5. The SMILES string of the molecule is C=CC1C(ON[C@H](C=O)CCC(=O)O)OC=C(C(=O)OC)C1CC(=O)OCCc1ccc(O)c(O)c1. The number of phenolic OH excluding ortho intramolecular Hbond substituents is 2. The fourth-order valence-corrected chi connectivity index (χ4v) is 3.49. The van der Waals surface area contributed by atoms with Crippen molar-refractivity contribution < 1.29 is 53.5 Å². The zero-order valence-electron chi connectivity index (χ0n) is 19.6. The first-order valence-electron chi connectivity index (χ1n) is 11.0. The van der Waals surface area contributed by atoms with Crippen LogP contribution in [-0.2, 0) is 44.6 Å². The number of carboxylic acids is 1. The normalized spacial score (nSPS) is 19.8. The Labute approximate surface area is 207 Å². The largest absolute Gasteiger partial charge is 0.504 e. The molecule has 4 atom stereocenters. The van der Waals surface area contributed by atoms with Crippen LogP contribution in [0.15, 0.2) is 42.7 Å². The van der Waals surface area contributed by atoms with E-state index in [-0.39, 0.29) is 49.4 Å². The van der Waals surface area contributed by atoms with Crippen molar-refractivity contribution in [2.75, 3.05) is 13.7 Å². The number of aromatic hydroxyl groups is 2. The summed E-state index contributed by atoms with van der Waals surface area (Å²) >= 11 is 0. The number of benzene rings is 1. The van der Waals surface area contributed by atoms with E-state index in [0.29, 0.717) is 11.8 Å². The monoisotopic (exact) mass is 507 g/mol. The van der Waals surface area contributed by atoms with Crippen molar-refractivity contribution >= 4 is 24.2 Å². The maximum Gasteiger partial charge on any atom is 0.337 e. The van der Waals surface area contributed by atoms with Crippen LogP contribution >= 0.6 is 0 Å². The van der Waals surface area contributed by atoms with E-state index in [1.165, 1.54) is 25.3 Å². The average molecular weight is 507 g/mol. The average Bonchev–Trinajstić information content (AvgIpc) is 2.85. The van der Waals surface area contributed by atoms with Crippen molar-refractivity contribution in [1.82, 2.24) is 5.48 Å². The smallest absolute Gasteiger partial charge is 0.337 e. The molecule has 1 aromatic rings. The number of hydrogen-bond acceptors (Lipinski definition) is 11. The fraction of sp³-hybridized carbons (Fsp3) is 0.417. The molecule has 0 fully saturated rings. The van der Waals surface area contributed by atoms with Crippen LogP contribution in [0.3, 0.4) is 0 Å². The van der Waals surface area contributed by atoms with E-state index in [9.17, 15) is 29.4 Å². The van der Waals surface area contributed by atoms with E-state index in [4.69, 9.17) is 24.2 Å². The van der Waals surface area contributed by atoms with Crippen molar-refractivity contribution in [1.29, 1.82) is 0 Å². The summed E-state index contributed by atoms with van der Waals surface area (Å²) in [4.78, 5) is 52.3. The molecule has 2 rings (SSSR count). The lowest BCUT2D eigenvalue weighted by molar-refractivity contribution is -0.195. The van der Waals surface area contributed by atoms with Crippen LogP contribution in [0.25, 0.3) is 0 Å². The van der Waals surface area contributed by atoms with Crippen LogP contribution in [0.5, 0.6) is 11.5 Å². The summed E-state index contributed by atoms with van der Waals surface area (Å²) in [6.07, 6.45) is 1.65. The Bertz CT molecular complexity index is 990. The second kappa shape index (κ2) is 13.9. The van der Waals surface area contributed by atoms with Gasteiger partial charge >= 0.3 is 17.9 Å². The molecule has 3 unspecified atom stereocenters. The number of hydroxylamine groups is 1. The third kappa shape index (κ3) is 8.10. The molecule has 4 N–H and O–H groups in total. The number of esters is 2. The van der Waals surface area contributed by atoms with Gasteiger partial charge in [0.15, 0.2) is 11.5 Å². The van der Waals surface area contributed by atoms with E-state index in [0.717, 1.165) is 6.26 Å². The van der Waals surface area contributed by atoms with Crippen LogP contribution in [0.4, 0.5) is 0 Å². The molecule has 0 aromatic heterocycles. The number of rotatable bonds is 14. The molecule has 1 aliphatic heterocycles. The third-order valence-corrected chi connectivity index (χ3v) is 5.45. The minimum atomic E-state index is -1.10. The first-order chi connectivity index (χ1) is 17.2. The standard InChI is InChI=1S/C24H29NO11/c1-3-16-17(11-22(31)34-9-8-14-4-6-19(27)20(28)10-14)18(23(32)33-2)13-35-24(16)36-25-15(12-26)5-7-21(29)30/h3-4,6,10,12-13,15-17,24-25,27-28H,1,5,7-9,11H2,2H3,(H,29,30)/t15-,16?,17?,24?/m0/s1. The van der Waals surface area contributed by atoms with Gasteiger partial charge in [-0.05, 0) is 24.1 Å². The molecule has 0 spiro atoms. The van der Waals surface area contributed by atoms with E-state index >= 15 is 0 Å². The van der Waals surface area contributed by atoms with Gasteiger partial charge in [-0.2, -0.15) is 5.48 Å². The van der Waals surface area contributed by atoms with Crippen LogP contribution in [0.1, 0.15) is 24.8 Å². The Balaban J connectivity index is 2.04. The summed E-state index contributed by atoms with van der Waals surface area (Å²) in [5, 5.41) is 27.7. The molecule has 196 valence electrons. The Hall–Kier alpha value is -3.90. The number of ether oxygens (including phenoxy) is 3. The number of carbonyl (C=O) groups excluding carboxylic acids is 3. The minimum absolute atomic E-state index is 0.0195.